The van der Waals surface area contributed by atoms with Gasteiger partial charge in [0.15, 0.2) is 0 Å². The highest BCUT2D eigenvalue weighted by Gasteiger charge is 2.28. The molecule has 0 spiro atoms. The van der Waals surface area contributed by atoms with Crippen molar-refractivity contribution in [2.24, 2.45) is 0 Å². The zero-order valence-corrected chi connectivity index (χ0v) is 13.2. The van der Waals surface area contributed by atoms with Crippen molar-refractivity contribution < 1.29 is 9.53 Å². The fraction of sp³-hybridized carbons (Fsp3) is 0.412. The summed E-state index contributed by atoms with van der Waals surface area (Å²) in [7, 11) is 5.90. The highest BCUT2D eigenvalue weighted by atomic mass is 16.5. The SMILES string of the molecule is CN(C)CCC1CN(C)C(=O)c2cnc3ccccc3c2O1. The monoisotopic (exact) mass is 299 g/mol. The molecular weight excluding hydrogens is 278 g/mol. The maximum absolute atomic E-state index is 12.6. The summed E-state index contributed by atoms with van der Waals surface area (Å²) >= 11 is 0. The van der Waals surface area contributed by atoms with Gasteiger partial charge in [0.25, 0.3) is 5.91 Å². The van der Waals surface area contributed by atoms with E-state index in [9.17, 15) is 4.79 Å². The number of para-hydroxylation sites is 1. The first kappa shape index (κ1) is 14.8. The fourth-order valence-electron chi connectivity index (χ4n) is 2.75. The van der Waals surface area contributed by atoms with Crippen LogP contribution in [0.3, 0.4) is 0 Å². The van der Waals surface area contributed by atoms with E-state index in [4.69, 9.17) is 4.74 Å². The number of nitrogens with zero attached hydrogens (tertiary/aromatic N) is 3. The first-order valence-corrected chi connectivity index (χ1v) is 7.51. The summed E-state index contributed by atoms with van der Waals surface area (Å²) in [5, 5.41) is 0.901. The highest BCUT2D eigenvalue weighted by Crippen LogP contribution is 2.32. The van der Waals surface area contributed by atoms with E-state index in [1.807, 2.05) is 45.4 Å². The van der Waals surface area contributed by atoms with Gasteiger partial charge in [0.05, 0.1) is 12.1 Å². The molecule has 3 rings (SSSR count). The van der Waals surface area contributed by atoms with E-state index in [0.717, 1.165) is 23.9 Å². The van der Waals surface area contributed by atoms with Gasteiger partial charge in [0.1, 0.15) is 17.4 Å². The lowest BCUT2D eigenvalue weighted by atomic mass is 10.1. The molecule has 0 saturated heterocycles. The van der Waals surface area contributed by atoms with E-state index in [0.29, 0.717) is 17.9 Å². The molecule has 0 radical (unpaired) electrons. The van der Waals surface area contributed by atoms with Gasteiger partial charge in [-0.25, -0.2) is 0 Å². The number of likely N-dealkylation sites (N-methyl/N-ethyl adjacent to an activating group) is 1. The molecule has 5 heteroatoms. The van der Waals surface area contributed by atoms with Crippen molar-refractivity contribution in [3.63, 3.8) is 0 Å². The molecule has 1 aromatic heterocycles. The van der Waals surface area contributed by atoms with Gasteiger partial charge >= 0.3 is 0 Å². The largest absolute Gasteiger partial charge is 0.487 e. The van der Waals surface area contributed by atoms with Gasteiger partial charge in [-0.2, -0.15) is 0 Å². The molecule has 1 unspecified atom stereocenters. The van der Waals surface area contributed by atoms with Gasteiger partial charge in [-0.3, -0.25) is 9.78 Å². The smallest absolute Gasteiger partial charge is 0.259 e. The molecule has 22 heavy (non-hydrogen) atoms. The third-order valence-electron chi connectivity index (χ3n) is 3.96. The van der Waals surface area contributed by atoms with Crippen LogP contribution in [0.5, 0.6) is 5.75 Å². The van der Waals surface area contributed by atoms with Crippen LogP contribution in [0.4, 0.5) is 0 Å². The lowest BCUT2D eigenvalue weighted by molar-refractivity contribution is 0.0750. The molecule has 5 nitrogen and oxygen atoms in total. The van der Waals surface area contributed by atoms with Gasteiger partial charge in [-0.1, -0.05) is 12.1 Å². The number of hydrogen-bond acceptors (Lipinski definition) is 4. The van der Waals surface area contributed by atoms with Gasteiger partial charge in [0.2, 0.25) is 0 Å². The second kappa shape index (κ2) is 5.93. The van der Waals surface area contributed by atoms with Crippen molar-refractivity contribution in [3.8, 4) is 5.75 Å². The molecule has 0 saturated carbocycles. The number of rotatable bonds is 3. The van der Waals surface area contributed by atoms with E-state index in [2.05, 4.69) is 9.88 Å². The Morgan fingerprint density at radius 2 is 2.14 bits per heavy atom. The topological polar surface area (TPSA) is 45.7 Å². The zero-order chi connectivity index (χ0) is 15.7. The Bertz CT molecular complexity index is 699. The van der Waals surface area contributed by atoms with Crippen molar-refractivity contribution in [1.29, 1.82) is 0 Å². The Kier molecular flexibility index (Phi) is 3.98. The van der Waals surface area contributed by atoms with Crippen LogP contribution in [0.1, 0.15) is 16.8 Å². The standard InChI is InChI=1S/C17H21N3O2/c1-19(2)9-8-12-11-20(3)17(21)14-10-18-15-7-5-4-6-13(15)16(14)22-12/h4-7,10,12H,8-9,11H2,1-3H3. The van der Waals surface area contributed by atoms with Gasteiger partial charge in [-0.15, -0.1) is 0 Å². The lowest BCUT2D eigenvalue weighted by Gasteiger charge is -2.22. The quantitative estimate of drug-likeness (QED) is 0.870. The molecule has 0 aliphatic carbocycles. The summed E-state index contributed by atoms with van der Waals surface area (Å²) in [6.07, 6.45) is 2.49. The maximum atomic E-state index is 12.6. The zero-order valence-electron chi connectivity index (χ0n) is 13.2. The minimum atomic E-state index is -0.0272. The first-order valence-electron chi connectivity index (χ1n) is 7.51. The van der Waals surface area contributed by atoms with Gasteiger partial charge < -0.3 is 14.5 Å². The molecule has 0 bridgehead atoms. The van der Waals surface area contributed by atoms with Gasteiger partial charge in [0, 0.05) is 25.2 Å². The second-order valence-corrected chi connectivity index (χ2v) is 6.04. The molecule has 2 aromatic rings. The molecular formula is C17H21N3O2. The average molecular weight is 299 g/mol. The summed E-state index contributed by atoms with van der Waals surface area (Å²) in [5.74, 6) is 0.643. The third kappa shape index (κ3) is 2.76. The summed E-state index contributed by atoms with van der Waals surface area (Å²) in [6, 6.07) is 7.78. The number of fused-ring (bicyclic) bond motifs is 3. The lowest BCUT2D eigenvalue weighted by Crippen LogP contribution is -2.35. The Labute approximate surface area is 130 Å². The molecule has 0 N–H and O–H groups in total. The van der Waals surface area contributed by atoms with Crippen LogP contribution in [0.2, 0.25) is 0 Å². The number of amides is 1. The number of pyridine rings is 1. The summed E-state index contributed by atoms with van der Waals surface area (Å²) < 4.78 is 6.23. The number of carbonyl (C=O) groups excluding carboxylic acids is 1. The normalized spacial score (nSPS) is 18.3. The third-order valence-corrected chi connectivity index (χ3v) is 3.96. The first-order chi connectivity index (χ1) is 10.6. The van der Waals surface area contributed by atoms with Crippen molar-refractivity contribution >= 4 is 16.8 Å². The number of aromatic nitrogens is 1. The molecule has 2 heterocycles. The van der Waals surface area contributed by atoms with E-state index in [1.54, 1.807) is 11.1 Å². The van der Waals surface area contributed by atoms with Crippen LogP contribution < -0.4 is 4.74 Å². The van der Waals surface area contributed by atoms with Crippen molar-refractivity contribution in [2.75, 3.05) is 34.2 Å². The van der Waals surface area contributed by atoms with E-state index in [1.165, 1.54) is 0 Å². The van der Waals surface area contributed by atoms with Crippen molar-refractivity contribution in [2.45, 2.75) is 12.5 Å². The average Bonchev–Trinajstić information content (AvgIpc) is 2.63. The van der Waals surface area contributed by atoms with E-state index in [-0.39, 0.29) is 12.0 Å². The second-order valence-electron chi connectivity index (χ2n) is 6.04. The van der Waals surface area contributed by atoms with E-state index >= 15 is 0 Å². The Hall–Kier alpha value is -2.14. The summed E-state index contributed by atoms with van der Waals surface area (Å²) in [6.45, 7) is 1.51. The Morgan fingerprint density at radius 1 is 1.36 bits per heavy atom. The van der Waals surface area contributed by atoms with Crippen molar-refractivity contribution in [3.05, 3.63) is 36.0 Å². The number of ether oxygens (including phenoxy) is 1. The van der Waals surface area contributed by atoms with Gasteiger partial charge in [-0.05, 0) is 32.6 Å². The molecule has 1 aliphatic heterocycles. The molecule has 116 valence electrons. The number of benzene rings is 1. The van der Waals surface area contributed by atoms with Crippen LogP contribution in [0.15, 0.2) is 30.5 Å². The van der Waals surface area contributed by atoms with Crippen LogP contribution >= 0.6 is 0 Å². The molecule has 1 aliphatic rings. The Balaban J connectivity index is 2.03. The molecule has 1 atom stereocenters. The minimum Gasteiger partial charge on any atom is -0.487 e. The molecule has 0 fully saturated rings. The highest BCUT2D eigenvalue weighted by molar-refractivity contribution is 6.02. The van der Waals surface area contributed by atoms with Crippen LogP contribution in [-0.2, 0) is 0 Å². The summed E-state index contributed by atoms with van der Waals surface area (Å²) in [4.78, 5) is 20.8. The summed E-state index contributed by atoms with van der Waals surface area (Å²) in [5.41, 5.74) is 1.40. The van der Waals surface area contributed by atoms with E-state index < -0.39 is 0 Å². The number of carbonyl (C=O) groups is 1. The van der Waals surface area contributed by atoms with Crippen LogP contribution in [0, 0.1) is 0 Å². The Morgan fingerprint density at radius 3 is 2.91 bits per heavy atom. The fourth-order valence-corrected chi connectivity index (χ4v) is 2.75. The minimum absolute atomic E-state index is 0.0107. The number of hydrogen-bond donors (Lipinski definition) is 0. The predicted octanol–water partition coefficient (Wildman–Crippen LogP) is 2.02. The van der Waals surface area contributed by atoms with Crippen molar-refractivity contribution in [1.82, 2.24) is 14.8 Å². The maximum Gasteiger partial charge on any atom is 0.259 e. The van der Waals surface area contributed by atoms with Crippen LogP contribution in [-0.4, -0.2) is 61.0 Å². The van der Waals surface area contributed by atoms with Crippen LogP contribution in [0.25, 0.3) is 10.9 Å². The molecule has 1 amide bonds. The molecule has 1 aromatic carbocycles. The predicted molar refractivity (Wildman–Crippen MR) is 86.3 cm³/mol.